The Morgan fingerprint density at radius 3 is 2.50 bits per heavy atom. The third kappa shape index (κ3) is 1.47. The summed E-state index contributed by atoms with van der Waals surface area (Å²) in [5, 5.41) is 2.68. The summed E-state index contributed by atoms with van der Waals surface area (Å²) in [6.07, 6.45) is 0. The number of nitrogens with one attached hydrogen (secondary N) is 1. The summed E-state index contributed by atoms with van der Waals surface area (Å²) in [7, 11) is 1.58. The van der Waals surface area contributed by atoms with Gasteiger partial charge in [-0.1, -0.05) is 13.8 Å². The Bertz CT molecular complexity index is 346. The van der Waals surface area contributed by atoms with Crippen molar-refractivity contribution in [1.29, 1.82) is 0 Å². The number of rotatable bonds is 2. The number of Topliss-reactive ketones (excluding diaryl/α,β-unsaturated/α-hetero) is 1. The largest absolute Gasteiger partial charge is 0.292 e. The standard InChI is InChI=1S/C8H12N2O2/c1-5(2)8(12)6-4-7(11)10(3)9-6/h4-5,9H,1-3H3. The van der Waals surface area contributed by atoms with Gasteiger partial charge in [0, 0.05) is 19.0 Å². The van der Waals surface area contributed by atoms with Crippen LogP contribution < -0.4 is 5.56 Å². The lowest BCUT2D eigenvalue weighted by atomic mass is 10.1. The molecule has 0 aromatic carbocycles. The predicted octanol–water partition coefficient (Wildman–Crippen LogP) is 0.552. The lowest BCUT2D eigenvalue weighted by molar-refractivity contribution is 0.0933. The molecule has 0 saturated heterocycles. The van der Waals surface area contributed by atoms with Gasteiger partial charge in [0.25, 0.3) is 5.56 Å². The highest BCUT2D eigenvalue weighted by molar-refractivity contribution is 5.95. The highest BCUT2D eigenvalue weighted by Crippen LogP contribution is 2.02. The molecule has 0 amide bonds. The third-order valence-corrected chi connectivity index (χ3v) is 1.68. The maximum atomic E-state index is 11.3. The minimum absolute atomic E-state index is 0.0345. The molecule has 0 bridgehead atoms. The van der Waals surface area contributed by atoms with Gasteiger partial charge in [0.2, 0.25) is 0 Å². The predicted molar refractivity (Wildman–Crippen MR) is 45.2 cm³/mol. The molecule has 0 aliphatic rings. The summed E-state index contributed by atoms with van der Waals surface area (Å²) >= 11 is 0. The van der Waals surface area contributed by atoms with Gasteiger partial charge in [0.05, 0.1) is 0 Å². The zero-order valence-corrected chi connectivity index (χ0v) is 7.42. The second-order valence-electron chi connectivity index (χ2n) is 3.09. The second-order valence-corrected chi connectivity index (χ2v) is 3.09. The van der Waals surface area contributed by atoms with E-state index in [-0.39, 0.29) is 17.3 Å². The Morgan fingerprint density at radius 2 is 2.17 bits per heavy atom. The van der Waals surface area contributed by atoms with Crippen LogP contribution in [0.2, 0.25) is 0 Å². The van der Waals surface area contributed by atoms with Gasteiger partial charge >= 0.3 is 0 Å². The van der Waals surface area contributed by atoms with Crippen molar-refractivity contribution in [3.05, 3.63) is 22.1 Å². The molecule has 0 saturated carbocycles. The van der Waals surface area contributed by atoms with Gasteiger partial charge < -0.3 is 0 Å². The summed E-state index contributed by atoms with van der Waals surface area (Å²) in [6, 6.07) is 1.32. The molecule has 1 heterocycles. The summed E-state index contributed by atoms with van der Waals surface area (Å²) < 4.78 is 1.29. The maximum absolute atomic E-state index is 11.3. The van der Waals surface area contributed by atoms with E-state index in [1.807, 2.05) is 0 Å². The van der Waals surface area contributed by atoms with E-state index in [4.69, 9.17) is 0 Å². The van der Waals surface area contributed by atoms with Crippen molar-refractivity contribution in [3.8, 4) is 0 Å². The summed E-state index contributed by atoms with van der Waals surface area (Å²) in [6.45, 7) is 3.60. The Morgan fingerprint density at radius 1 is 1.58 bits per heavy atom. The average molecular weight is 168 g/mol. The number of hydrogen-bond donors (Lipinski definition) is 1. The van der Waals surface area contributed by atoms with Crippen molar-refractivity contribution >= 4 is 5.78 Å². The monoisotopic (exact) mass is 168 g/mol. The first-order chi connectivity index (χ1) is 5.52. The summed E-state index contributed by atoms with van der Waals surface area (Å²) in [5.41, 5.74) is 0.205. The molecule has 1 aromatic heterocycles. The molecule has 0 aliphatic heterocycles. The van der Waals surface area contributed by atoms with Crippen molar-refractivity contribution in [2.45, 2.75) is 13.8 Å². The molecule has 1 rings (SSSR count). The molecule has 1 aromatic rings. The van der Waals surface area contributed by atoms with E-state index in [1.165, 1.54) is 10.7 Å². The van der Waals surface area contributed by atoms with Crippen LogP contribution in [0.3, 0.4) is 0 Å². The third-order valence-electron chi connectivity index (χ3n) is 1.68. The Labute approximate surface area is 70.2 Å². The quantitative estimate of drug-likeness (QED) is 0.656. The van der Waals surface area contributed by atoms with E-state index in [0.29, 0.717) is 5.69 Å². The highest BCUT2D eigenvalue weighted by atomic mass is 16.1. The van der Waals surface area contributed by atoms with Crippen molar-refractivity contribution < 1.29 is 4.79 Å². The van der Waals surface area contributed by atoms with Gasteiger partial charge in [-0.25, -0.2) is 0 Å². The number of ketones is 1. The van der Waals surface area contributed by atoms with E-state index >= 15 is 0 Å². The van der Waals surface area contributed by atoms with Crippen LogP contribution in [0.15, 0.2) is 10.9 Å². The smallest absolute Gasteiger partial charge is 0.266 e. The number of aryl methyl sites for hydroxylation is 1. The number of carbonyl (C=O) groups is 1. The van der Waals surface area contributed by atoms with Crippen LogP contribution >= 0.6 is 0 Å². The fourth-order valence-electron chi connectivity index (χ4n) is 0.926. The molecular weight excluding hydrogens is 156 g/mol. The lowest BCUT2D eigenvalue weighted by Crippen LogP contribution is -2.10. The van der Waals surface area contributed by atoms with Crippen molar-refractivity contribution in [1.82, 2.24) is 9.78 Å². The van der Waals surface area contributed by atoms with E-state index in [9.17, 15) is 9.59 Å². The van der Waals surface area contributed by atoms with E-state index in [1.54, 1.807) is 20.9 Å². The van der Waals surface area contributed by atoms with Crippen molar-refractivity contribution in [3.63, 3.8) is 0 Å². The maximum Gasteiger partial charge on any atom is 0.266 e. The van der Waals surface area contributed by atoms with Crippen LogP contribution in [0.1, 0.15) is 24.3 Å². The fraction of sp³-hybridized carbons (Fsp3) is 0.500. The molecule has 4 nitrogen and oxygen atoms in total. The van der Waals surface area contributed by atoms with Crippen molar-refractivity contribution in [2.24, 2.45) is 13.0 Å². The molecule has 0 atom stereocenters. The first-order valence-electron chi connectivity index (χ1n) is 3.82. The van der Waals surface area contributed by atoms with Crippen LogP contribution in [0.5, 0.6) is 0 Å². The highest BCUT2D eigenvalue weighted by Gasteiger charge is 2.12. The topological polar surface area (TPSA) is 54.9 Å². The summed E-state index contributed by atoms with van der Waals surface area (Å²) in [5.74, 6) is -0.115. The molecule has 4 heteroatoms. The average Bonchev–Trinajstić information content (AvgIpc) is 2.30. The van der Waals surface area contributed by atoms with Crippen LogP contribution in [0, 0.1) is 5.92 Å². The van der Waals surface area contributed by atoms with Gasteiger partial charge in [0.1, 0.15) is 5.69 Å². The molecule has 0 spiro atoms. The van der Waals surface area contributed by atoms with Crippen LogP contribution in [0.4, 0.5) is 0 Å². The van der Waals surface area contributed by atoms with Gasteiger partial charge in [-0.3, -0.25) is 19.4 Å². The molecule has 0 unspecified atom stereocenters. The van der Waals surface area contributed by atoms with E-state index in [2.05, 4.69) is 5.10 Å². The van der Waals surface area contributed by atoms with Crippen LogP contribution in [-0.4, -0.2) is 15.6 Å². The molecule has 66 valence electrons. The van der Waals surface area contributed by atoms with Crippen LogP contribution in [0.25, 0.3) is 0 Å². The molecule has 1 N–H and O–H groups in total. The van der Waals surface area contributed by atoms with Gasteiger partial charge in [0.15, 0.2) is 5.78 Å². The molecule has 0 radical (unpaired) electrons. The lowest BCUT2D eigenvalue weighted by Gasteiger charge is -1.99. The zero-order chi connectivity index (χ0) is 9.30. The molecule has 12 heavy (non-hydrogen) atoms. The number of aromatic amines is 1. The Hall–Kier alpha value is -1.32. The minimum atomic E-state index is -0.181. The van der Waals surface area contributed by atoms with E-state index < -0.39 is 0 Å². The van der Waals surface area contributed by atoms with Gasteiger partial charge in [-0.15, -0.1) is 0 Å². The van der Waals surface area contributed by atoms with E-state index in [0.717, 1.165) is 0 Å². The fourth-order valence-corrected chi connectivity index (χ4v) is 0.926. The van der Waals surface area contributed by atoms with Gasteiger partial charge in [-0.2, -0.15) is 0 Å². The minimum Gasteiger partial charge on any atom is -0.292 e. The molecule has 0 fully saturated rings. The number of H-pyrrole nitrogens is 1. The molecular formula is C8H12N2O2. The first-order valence-corrected chi connectivity index (χ1v) is 3.82. The number of aromatic nitrogens is 2. The zero-order valence-electron chi connectivity index (χ0n) is 7.42. The number of nitrogens with zero attached hydrogens (tertiary/aromatic N) is 1. The normalized spacial score (nSPS) is 10.7. The Balaban J connectivity index is 3.05. The number of hydrogen-bond acceptors (Lipinski definition) is 2. The molecule has 0 aliphatic carbocycles. The SMILES string of the molecule is CC(C)C(=O)c1cc(=O)n(C)[nH]1. The number of carbonyl (C=O) groups excluding carboxylic acids is 1. The first kappa shape index (κ1) is 8.77. The Kier molecular flexibility index (Phi) is 2.17. The van der Waals surface area contributed by atoms with Crippen LogP contribution in [-0.2, 0) is 7.05 Å². The van der Waals surface area contributed by atoms with Crippen molar-refractivity contribution in [2.75, 3.05) is 0 Å². The van der Waals surface area contributed by atoms with Gasteiger partial charge in [-0.05, 0) is 0 Å². The summed E-state index contributed by atoms with van der Waals surface area (Å²) in [4.78, 5) is 22.3. The second kappa shape index (κ2) is 2.97.